The molecule has 0 atom stereocenters. The van der Waals surface area contributed by atoms with Crippen molar-refractivity contribution >= 4 is 115 Å². The van der Waals surface area contributed by atoms with Crippen LogP contribution in [0.3, 0.4) is 0 Å². The minimum absolute atomic E-state index is 0.0194. The topological polar surface area (TPSA) is 312 Å². The first-order valence-electron chi connectivity index (χ1n) is 16.0. The zero-order valence-electron chi connectivity index (χ0n) is 32.5. The molecule has 0 fully saturated rings. The van der Waals surface area contributed by atoms with E-state index in [9.17, 15) is 53.5 Å². The summed E-state index contributed by atoms with van der Waals surface area (Å²) >= 11 is 9.31. The predicted molar refractivity (Wildman–Crippen MR) is 235 cm³/mol. The van der Waals surface area contributed by atoms with E-state index in [1.165, 1.54) is 82.7 Å². The van der Waals surface area contributed by atoms with Gasteiger partial charge in [-0.1, -0.05) is 53.9 Å². The van der Waals surface area contributed by atoms with Crippen LogP contribution in [-0.2, 0) is 59.8 Å². The van der Waals surface area contributed by atoms with Crippen LogP contribution in [0.15, 0.2) is 106 Å². The van der Waals surface area contributed by atoms with Crippen LogP contribution in [0.4, 0.5) is 5.69 Å². The third-order valence-electron chi connectivity index (χ3n) is 7.16. The number of methoxy groups -OCH3 is 2. The van der Waals surface area contributed by atoms with Crippen molar-refractivity contribution in [3.8, 4) is 0 Å². The average molecular weight is 1140 g/mol. The molecule has 0 aliphatic heterocycles. The Labute approximate surface area is 383 Å². The lowest BCUT2D eigenvalue weighted by Crippen LogP contribution is -2.18. The molecule has 0 bridgehead atoms. The number of esters is 2. The molecule has 0 radical (unpaired) electrons. The first-order chi connectivity index (χ1) is 27.4. The van der Waals surface area contributed by atoms with E-state index in [1.807, 2.05) is 0 Å². The van der Waals surface area contributed by atoms with Crippen LogP contribution in [0.5, 0.6) is 0 Å². The second-order valence-corrected chi connectivity index (χ2v) is 23.0. The Morgan fingerprint density at radius 3 is 1.21 bits per heavy atom. The maximum Gasteiger partial charge on any atom is 0.337 e. The van der Waals surface area contributed by atoms with Gasteiger partial charge in [0.2, 0.25) is 30.1 Å². The summed E-state index contributed by atoms with van der Waals surface area (Å²) < 4.78 is 99.2. The number of sulfonamides is 3. The molecule has 334 valence electrons. The van der Waals surface area contributed by atoms with E-state index < -0.39 is 62.3 Å². The van der Waals surface area contributed by atoms with Crippen molar-refractivity contribution < 1.29 is 62.9 Å². The number of aliphatic hydroxyl groups is 2. The van der Waals surface area contributed by atoms with Crippen LogP contribution in [0.1, 0.15) is 59.5 Å². The molecule has 0 aliphatic rings. The Hall–Kier alpha value is -3.36. The van der Waals surface area contributed by atoms with E-state index in [0.29, 0.717) is 24.5 Å². The van der Waals surface area contributed by atoms with Crippen molar-refractivity contribution in [2.24, 2.45) is 15.4 Å². The van der Waals surface area contributed by atoms with Gasteiger partial charge in [0.1, 0.15) is 0 Å². The molecular weight excluding hydrogens is 1100 g/mol. The Balaban J connectivity index is 0.000000407. The normalized spacial score (nSPS) is 11.8. The van der Waals surface area contributed by atoms with Gasteiger partial charge in [-0.05, 0) is 106 Å². The summed E-state index contributed by atoms with van der Waals surface area (Å²) in [5.41, 5.74) is -1.14. The highest BCUT2D eigenvalue weighted by Crippen LogP contribution is 2.29. The Bertz CT molecular complexity index is 2700. The highest BCUT2D eigenvalue weighted by Gasteiger charge is 2.22. The van der Waals surface area contributed by atoms with E-state index >= 15 is 0 Å². The van der Waals surface area contributed by atoms with Crippen molar-refractivity contribution in [1.82, 2.24) is 0 Å². The number of carbonyl (C=O) groups is 2. The van der Waals surface area contributed by atoms with Gasteiger partial charge in [-0.15, -0.1) is 0 Å². The van der Waals surface area contributed by atoms with Gasteiger partial charge in [0, 0.05) is 24.1 Å². The molecule has 26 heteroatoms. The quantitative estimate of drug-likeness (QED) is 0.0829. The summed E-state index contributed by atoms with van der Waals surface area (Å²) in [6.45, 7) is 13.0. The van der Waals surface area contributed by atoms with Gasteiger partial charge in [-0.25, -0.2) is 63.5 Å². The van der Waals surface area contributed by atoms with E-state index in [4.69, 9.17) is 32.7 Å². The molecule has 61 heavy (non-hydrogen) atoms. The number of primary sulfonamides is 3. The van der Waals surface area contributed by atoms with Gasteiger partial charge in [-0.2, -0.15) is 0 Å². The molecule has 8 N–H and O–H groups in total. The molecule has 0 amide bonds. The molecule has 4 aromatic rings. The number of ether oxygens (including phenoxy) is 2. The number of carbonyl (C=O) groups excluding carboxylic acids is 2. The van der Waals surface area contributed by atoms with E-state index in [2.05, 4.69) is 62.1 Å². The fourth-order valence-corrected chi connectivity index (χ4v) is 8.63. The number of nitrogens with zero attached hydrogens (tertiary/aromatic N) is 1. The third-order valence-corrected chi connectivity index (χ3v) is 12.5. The van der Waals surface area contributed by atoms with Gasteiger partial charge in [0.15, 0.2) is 5.69 Å². The van der Waals surface area contributed by atoms with E-state index in [1.54, 1.807) is 19.9 Å². The van der Waals surface area contributed by atoms with Crippen molar-refractivity contribution in [2.45, 2.75) is 58.5 Å². The SMILES string of the molecule is CC(C)(O)c1cc(Br)cc(S(N)(=O)=O)c1.COC(=O)c1cc(Br)cc(S(=O)(=O)Cl)c1.COC(=O)c1cc(Br)cc(S(N)(=O)=O)c1.[C-]#[N+]c1cc(C(C)(C)O)cc(S(N)(=O)=O)c1. The van der Waals surface area contributed by atoms with Crippen molar-refractivity contribution in [1.29, 1.82) is 0 Å². The van der Waals surface area contributed by atoms with E-state index in [-0.39, 0.29) is 36.4 Å². The van der Waals surface area contributed by atoms with Crippen LogP contribution in [0, 0.1) is 6.57 Å². The highest BCUT2D eigenvalue weighted by molar-refractivity contribution is 9.11. The fourth-order valence-electron chi connectivity index (χ4n) is 4.15. The standard InChI is InChI=1S/C10H12N2O3S.C9H12BrNO3S.C8H6BrClO4S.C8H8BrNO4S/c1-10(2,13)7-4-8(12-3)6-9(5-7)16(11,14)15;1-9(2,12)6-3-7(10)5-8(4-6)15(11,13)14;2*1-14-8(11)5-2-6(9)4-7(3-5)15(10,12)13/h4-6,13H,1-2H3,(H2,11,14,15);3-5,12H,1-2H3,(H2,11,13,14);2-4H,1H3;2-4H,1H3,(H2,10,12,13). The second-order valence-electron chi connectivity index (χ2n) is 13.0. The molecule has 4 aromatic carbocycles. The lowest BCUT2D eigenvalue weighted by molar-refractivity contribution is 0.0591. The summed E-state index contributed by atoms with van der Waals surface area (Å²) in [7, 11) is -7.74. The van der Waals surface area contributed by atoms with Gasteiger partial charge >= 0.3 is 11.9 Å². The van der Waals surface area contributed by atoms with Crippen LogP contribution in [0.25, 0.3) is 4.85 Å². The molecule has 0 saturated heterocycles. The molecule has 18 nitrogen and oxygen atoms in total. The van der Waals surface area contributed by atoms with Crippen LogP contribution >= 0.6 is 58.5 Å². The second kappa shape index (κ2) is 21.8. The minimum atomic E-state index is -3.87. The lowest BCUT2D eigenvalue weighted by atomic mass is 9.98. The molecule has 0 saturated carbocycles. The predicted octanol–water partition coefficient (Wildman–Crippen LogP) is 5.48. The first kappa shape index (κ1) is 55.7. The number of benzene rings is 4. The Morgan fingerprint density at radius 2 is 0.885 bits per heavy atom. The van der Waals surface area contributed by atoms with Crippen molar-refractivity contribution in [2.75, 3.05) is 14.2 Å². The zero-order valence-corrected chi connectivity index (χ0v) is 41.3. The summed E-state index contributed by atoms with van der Waals surface area (Å²) in [4.78, 5) is 25.0. The average Bonchev–Trinajstić information content (AvgIpc) is 3.11. The first-order valence-corrected chi connectivity index (χ1v) is 25.4. The number of halogens is 4. The van der Waals surface area contributed by atoms with Crippen molar-refractivity contribution in [3.05, 3.63) is 120 Å². The third kappa shape index (κ3) is 18.9. The zero-order chi connectivity index (χ0) is 47.7. The minimum Gasteiger partial charge on any atom is -0.465 e. The Morgan fingerprint density at radius 1 is 0.574 bits per heavy atom. The maximum atomic E-state index is 11.2. The van der Waals surface area contributed by atoms with Gasteiger partial charge in [0.25, 0.3) is 9.05 Å². The molecule has 0 aliphatic carbocycles. The fraction of sp³-hybridized carbons (Fsp3) is 0.229. The number of nitrogens with two attached hydrogens (primary N) is 3. The van der Waals surface area contributed by atoms with Crippen LogP contribution < -0.4 is 15.4 Å². The molecule has 0 aromatic heterocycles. The molecule has 0 unspecified atom stereocenters. The molecule has 0 heterocycles. The Kier molecular flexibility index (Phi) is 19.9. The largest absolute Gasteiger partial charge is 0.465 e. The van der Waals surface area contributed by atoms with Gasteiger partial charge in [0.05, 0.1) is 62.7 Å². The number of hydrogen-bond acceptors (Lipinski definition) is 14. The van der Waals surface area contributed by atoms with Crippen LogP contribution in [-0.4, -0.2) is 70.0 Å². The summed E-state index contributed by atoms with van der Waals surface area (Å²) in [6, 6.07) is 16.1. The number of hydrogen-bond donors (Lipinski definition) is 5. The smallest absolute Gasteiger partial charge is 0.337 e. The summed E-state index contributed by atoms with van der Waals surface area (Å²) in [6.07, 6.45) is 0. The van der Waals surface area contributed by atoms with Gasteiger partial charge < -0.3 is 19.7 Å². The van der Waals surface area contributed by atoms with Gasteiger partial charge in [-0.3, -0.25) is 0 Å². The molecule has 4 rings (SSSR count). The lowest BCUT2D eigenvalue weighted by Gasteiger charge is -2.18. The molecule has 0 spiro atoms. The summed E-state index contributed by atoms with van der Waals surface area (Å²) in [5, 5.41) is 34.4. The number of rotatable bonds is 8. The summed E-state index contributed by atoms with van der Waals surface area (Å²) in [5.74, 6) is -1.25. The monoisotopic (exact) mass is 1140 g/mol. The van der Waals surface area contributed by atoms with Crippen molar-refractivity contribution in [3.63, 3.8) is 0 Å². The highest BCUT2D eigenvalue weighted by atomic mass is 79.9. The maximum absolute atomic E-state index is 11.2. The van der Waals surface area contributed by atoms with Crippen LogP contribution in [0.2, 0.25) is 0 Å². The molecular formula is C35H38Br3ClN4O14S4. The van der Waals surface area contributed by atoms with E-state index in [0.717, 1.165) is 12.1 Å².